The first kappa shape index (κ1) is 24.4. The summed E-state index contributed by atoms with van der Waals surface area (Å²) in [7, 11) is 1.00. The summed E-state index contributed by atoms with van der Waals surface area (Å²) in [6, 6.07) is 0.323. The van der Waals surface area contributed by atoms with Gasteiger partial charge in [-0.2, -0.15) is 0 Å². The molecule has 0 unspecified atom stereocenters. The molecule has 8 heteroatoms. The van der Waals surface area contributed by atoms with Gasteiger partial charge in [0.25, 0.3) is 5.24 Å². The SMILES string of the molecule is CC(C)N(C(=O)SCC(Cl)=C(Cl)Cl)C(C)C.CO.N. The average molecular weight is 354 g/mol. The molecule has 0 aromatic heterocycles. The maximum Gasteiger partial charge on any atom is 0.282 e. The van der Waals surface area contributed by atoms with Crippen LogP contribution in [0.1, 0.15) is 27.7 Å². The van der Waals surface area contributed by atoms with Crippen LogP contribution in [0.15, 0.2) is 9.52 Å². The summed E-state index contributed by atoms with van der Waals surface area (Å²) in [6.45, 7) is 7.91. The number of aliphatic hydroxyl groups is 1. The van der Waals surface area contributed by atoms with Crippen LogP contribution < -0.4 is 6.15 Å². The van der Waals surface area contributed by atoms with E-state index in [0.717, 1.165) is 18.9 Å². The molecule has 0 aliphatic carbocycles. The Labute approximate surface area is 135 Å². The van der Waals surface area contributed by atoms with Gasteiger partial charge in [0, 0.05) is 24.9 Å². The predicted octanol–water partition coefficient (Wildman–Crippen LogP) is 4.61. The lowest BCUT2D eigenvalue weighted by atomic mass is 10.2. The maximum atomic E-state index is 11.9. The Balaban J connectivity index is -0.000000809. The summed E-state index contributed by atoms with van der Waals surface area (Å²) in [5, 5.41) is 7.28. The lowest BCUT2D eigenvalue weighted by Gasteiger charge is -2.30. The van der Waals surface area contributed by atoms with Gasteiger partial charge in [-0.05, 0) is 27.7 Å². The Morgan fingerprint density at radius 1 is 1.11 bits per heavy atom. The number of rotatable bonds is 4. The largest absolute Gasteiger partial charge is 0.400 e. The average Bonchev–Trinajstić information content (AvgIpc) is 2.27. The van der Waals surface area contributed by atoms with Crippen LogP contribution in [-0.4, -0.2) is 40.2 Å². The topological polar surface area (TPSA) is 75.5 Å². The van der Waals surface area contributed by atoms with Crippen molar-refractivity contribution in [2.75, 3.05) is 12.9 Å². The smallest absolute Gasteiger partial charge is 0.282 e. The second kappa shape index (κ2) is 13.3. The monoisotopic (exact) mass is 352 g/mol. The van der Waals surface area contributed by atoms with Crippen molar-refractivity contribution in [3.05, 3.63) is 9.52 Å². The van der Waals surface area contributed by atoms with E-state index < -0.39 is 0 Å². The lowest BCUT2D eigenvalue weighted by Crippen LogP contribution is -2.39. The van der Waals surface area contributed by atoms with Crippen molar-refractivity contribution in [2.45, 2.75) is 39.8 Å². The number of amides is 1. The van der Waals surface area contributed by atoms with E-state index in [-0.39, 0.29) is 28.0 Å². The zero-order valence-corrected chi connectivity index (χ0v) is 15.0. The van der Waals surface area contributed by atoms with Crippen LogP contribution in [0.4, 0.5) is 4.79 Å². The first-order valence-electron chi connectivity index (χ1n) is 5.36. The van der Waals surface area contributed by atoms with Crippen LogP contribution in [0.25, 0.3) is 0 Å². The van der Waals surface area contributed by atoms with Gasteiger partial charge in [-0.1, -0.05) is 46.6 Å². The Hall–Kier alpha value is 0.350. The van der Waals surface area contributed by atoms with E-state index in [9.17, 15) is 4.79 Å². The van der Waals surface area contributed by atoms with Gasteiger partial charge in [-0.3, -0.25) is 4.79 Å². The van der Waals surface area contributed by atoms with Crippen molar-refractivity contribution in [2.24, 2.45) is 0 Å². The highest BCUT2D eigenvalue weighted by molar-refractivity contribution is 8.13. The van der Waals surface area contributed by atoms with Gasteiger partial charge >= 0.3 is 0 Å². The number of nitrogens with zero attached hydrogens (tertiary/aromatic N) is 1. The van der Waals surface area contributed by atoms with Crippen molar-refractivity contribution in [1.82, 2.24) is 11.1 Å². The number of halogens is 3. The fourth-order valence-corrected chi connectivity index (χ4v) is 2.69. The zero-order chi connectivity index (χ0) is 14.9. The van der Waals surface area contributed by atoms with Crippen molar-refractivity contribution < 1.29 is 9.90 Å². The number of aliphatic hydroxyl groups excluding tert-OH is 1. The van der Waals surface area contributed by atoms with Crippen LogP contribution >= 0.6 is 46.6 Å². The van der Waals surface area contributed by atoms with E-state index >= 15 is 0 Å². The first-order chi connectivity index (χ1) is 8.27. The second-order valence-corrected chi connectivity index (χ2v) is 6.15. The maximum absolute atomic E-state index is 11.9. The fourth-order valence-electron chi connectivity index (χ4n) is 1.27. The summed E-state index contributed by atoms with van der Waals surface area (Å²) in [4.78, 5) is 13.7. The van der Waals surface area contributed by atoms with Gasteiger partial charge in [0.05, 0.1) is 5.03 Å². The van der Waals surface area contributed by atoms with E-state index in [1.165, 1.54) is 0 Å². The predicted molar refractivity (Wildman–Crippen MR) is 87.7 cm³/mol. The number of carbonyl (C=O) groups is 1. The van der Waals surface area contributed by atoms with Crippen LogP contribution in [0.5, 0.6) is 0 Å². The van der Waals surface area contributed by atoms with E-state index in [2.05, 4.69) is 0 Å². The molecule has 1 amide bonds. The minimum Gasteiger partial charge on any atom is -0.400 e. The Morgan fingerprint density at radius 3 is 1.74 bits per heavy atom. The van der Waals surface area contributed by atoms with Crippen molar-refractivity contribution in [1.29, 1.82) is 0 Å². The highest BCUT2D eigenvalue weighted by Gasteiger charge is 2.20. The molecule has 0 fully saturated rings. The van der Waals surface area contributed by atoms with Crippen molar-refractivity contribution in [3.63, 3.8) is 0 Å². The molecule has 0 bridgehead atoms. The number of hydrogen-bond donors (Lipinski definition) is 2. The summed E-state index contributed by atoms with van der Waals surface area (Å²) < 4.78 is 0.0163. The summed E-state index contributed by atoms with van der Waals surface area (Å²) in [5.74, 6) is 0.304. The minimum atomic E-state index is -0.0160. The standard InChI is InChI=1S/C10H16Cl3NOS.CH4O.H3N/c1-6(2)14(7(3)4)10(15)16-5-8(11)9(12)13;1-2;/h6-7H,5H2,1-4H3;2H,1H3;1H3. The molecule has 116 valence electrons. The molecule has 0 rings (SSSR count). The van der Waals surface area contributed by atoms with Crippen LogP contribution in [0, 0.1) is 0 Å². The Morgan fingerprint density at radius 2 is 1.47 bits per heavy atom. The van der Waals surface area contributed by atoms with E-state index in [0.29, 0.717) is 10.8 Å². The molecular weight excluding hydrogens is 331 g/mol. The van der Waals surface area contributed by atoms with E-state index in [1.54, 1.807) is 4.90 Å². The fraction of sp³-hybridized carbons (Fsp3) is 0.727. The van der Waals surface area contributed by atoms with Crippen LogP contribution in [0.2, 0.25) is 0 Å². The molecule has 0 aromatic carbocycles. The molecule has 0 atom stereocenters. The molecule has 0 heterocycles. The molecule has 0 aromatic rings. The van der Waals surface area contributed by atoms with Crippen molar-refractivity contribution >= 4 is 51.8 Å². The van der Waals surface area contributed by atoms with Gasteiger partial charge in [-0.15, -0.1) is 0 Å². The molecule has 0 aliphatic heterocycles. The van der Waals surface area contributed by atoms with Gasteiger partial charge in [0.2, 0.25) is 0 Å². The highest BCUT2D eigenvalue weighted by Crippen LogP contribution is 2.24. The molecule has 4 nitrogen and oxygen atoms in total. The van der Waals surface area contributed by atoms with E-state index in [4.69, 9.17) is 39.9 Å². The van der Waals surface area contributed by atoms with E-state index in [1.807, 2.05) is 27.7 Å². The van der Waals surface area contributed by atoms with Crippen molar-refractivity contribution in [3.8, 4) is 0 Å². The third-order valence-electron chi connectivity index (χ3n) is 1.85. The summed E-state index contributed by atoms with van der Waals surface area (Å²) >= 11 is 17.8. The third kappa shape index (κ3) is 10.8. The Kier molecular flexibility index (Phi) is 17.1. The molecule has 0 radical (unpaired) electrons. The van der Waals surface area contributed by atoms with Gasteiger partial charge in [-0.25, -0.2) is 0 Å². The summed E-state index contributed by atoms with van der Waals surface area (Å²) in [5.41, 5.74) is 0. The van der Waals surface area contributed by atoms with Gasteiger partial charge in [0.15, 0.2) is 0 Å². The molecule has 19 heavy (non-hydrogen) atoms. The quantitative estimate of drug-likeness (QED) is 0.773. The minimum absolute atomic E-state index is 0. The molecule has 0 aliphatic rings. The molecule has 0 saturated heterocycles. The van der Waals surface area contributed by atoms with Gasteiger partial charge < -0.3 is 16.2 Å². The second-order valence-electron chi connectivity index (χ2n) is 3.81. The number of thioether (sulfide) groups is 1. The molecule has 4 N–H and O–H groups in total. The Bertz CT molecular complexity index is 275. The highest BCUT2D eigenvalue weighted by atomic mass is 35.5. The lowest BCUT2D eigenvalue weighted by molar-refractivity contribution is 0.190. The number of carbonyl (C=O) groups excluding carboxylic acids is 1. The van der Waals surface area contributed by atoms with Crippen LogP contribution in [-0.2, 0) is 0 Å². The third-order valence-corrected chi connectivity index (χ3v) is 3.87. The molecule has 0 saturated carbocycles. The van der Waals surface area contributed by atoms with Crippen LogP contribution in [0.3, 0.4) is 0 Å². The summed E-state index contributed by atoms with van der Waals surface area (Å²) in [6.07, 6.45) is 0. The first-order valence-corrected chi connectivity index (χ1v) is 7.48. The zero-order valence-electron chi connectivity index (χ0n) is 11.9. The number of hydrogen-bond acceptors (Lipinski definition) is 4. The normalized spacial score (nSPS) is 9.42. The van der Waals surface area contributed by atoms with Gasteiger partial charge in [0.1, 0.15) is 4.49 Å². The molecular formula is C11H23Cl3N2O2S. The molecule has 0 spiro atoms.